The van der Waals surface area contributed by atoms with Gasteiger partial charge in [0.1, 0.15) is 23.1 Å². The molecule has 2 aromatic heterocycles. The SMILES string of the molecule is COc1ccc(Cn2c(CCc3ccccc3)nnc2[C@H](Cc2c[nH]c3ccccc23)C(C)N)c(OC)c1. The molecular weight excluding hydrogens is 474 g/mol. The average molecular weight is 510 g/mol. The molecule has 3 aromatic carbocycles. The third-order valence-electron chi connectivity index (χ3n) is 7.24. The minimum atomic E-state index is -0.119. The molecule has 0 radical (unpaired) electrons. The molecule has 0 spiro atoms. The van der Waals surface area contributed by atoms with E-state index in [1.165, 1.54) is 16.5 Å². The molecule has 1 unspecified atom stereocenters. The fourth-order valence-corrected chi connectivity index (χ4v) is 5.08. The number of nitrogens with one attached hydrogen (secondary N) is 1. The van der Waals surface area contributed by atoms with Crippen LogP contribution in [0.2, 0.25) is 0 Å². The molecule has 0 amide bonds. The highest BCUT2D eigenvalue weighted by atomic mass is 16.5. The van der Waals surface area contributed by atoms with Crippen LogP contribution in [-0.4, -0.2) is 40.0 Å². The van der Waals surface area contributed by atoms with Crippen LogP contribution in [-0.2, 0) is 25.8 Å². The summed E-state index contributed by atoms with van der Waals surface area (Å²) in [6, 6.07) is 24.6. The number of rotatable bonds is 11. The Balaban J connectivity index is 1.53. The van der Waals surface area contributed by atoms with Crippen LogP contribution in [0.1, 0.15) is 41.2 Å². The highest BCUT2D eigenvalue weighted by Gasteiger charge is 2.26. The van der Waals surface area contributed by atoms with E-state index in [4.69, 9.17) is 25.4 Å². The first-order valence-electron chi connectivity index (χ1n) is 13.0. The number of benzene rings is 3. The molecule has 38 heavy (non-hydrogen) atoms. The van der Waals surface area contributed by atoms with Gasteiger partial charge in [-0.1, -0.05) is 48.5 Å². The van der Waals surface area contributed by atoms with Gasteiger partial charge in [0.15, 0.2) is 0 Å². The molecule has 0 saturated heterocycles. The van der Waals surface area contributed by atoms with Gasteiger partial charge in [0.05, 0.1) is 20.8 Å². The molecular formula is C31H35N5O2. The molecule has 0 bridgehead atoms. The van der Waals surface area contributed by atoms with Gasteiger partial charge in [0.2, 0.25) is 0 Å². The van der Waals surface area contributed by atoms with Crippen molar-refractivity contribution in [1.82, 2.24) is 19.7 Å². The molecule has 7 nitrogen and oxygen atoms in total. The number of nitrogens with two attached hydrogens (primary N) is 1. The van der Waals surface area contributed by atoms with E-state index >= 15 is 0 Å². The summed E-state index contributed by atoms with van der Waals surface area (Å²) in [6.07, 6.45) is 4.50. The zero-order chi connectivity index (χ0) is 26.5. The fraction of sp³-hybridized carbons (Fsp3) is 0.290. The normalized spacial score (nSPS) is 12.9. The molecule has 0 aliphatic rings. The maximum absolute atomic E-state index is 6.63. The van der Waals surface area contributed by atoms with Crippen molar-refractivity contribution in [2.75, 3.05) is 14.2 Å². The average Bonchev–Trinajstić information content (AvgIpc) is 3.54. The Morgan fingerprint density at radius 3 is 2.45 bits per heavy atom. The lowest BCUT2D eigenvalue weighted by Crippen LogP contribution is -2.29. The van der Waals surface area contributed by atoms with E-state index in [1.54, 1.807) is 14.2 Å². The Bertz CT molecular complexity index is 1490. The number of hydrogen-bond donors (Lipinski definition) is 2. The Hall–Kier alpha value is -4.10. The van der Waals surface area contributed by atoms with Crippen LogP contribution in [0.4, 0.5) is 0 Å². The van der Waals surface area contributed by atoms with Crippen molar-refractivity contribution in [1.29, 1.82) is 0 Å². The molecule has 5 aromatic rings. The largest absolute Gasteiger partial charge is 0.497 e. The summed E-state index contributed by atoms with van der Waals surface area (Å²) in [5.74, 6) is 3.34. The molecule has 2 atom stereocenters. The third kappa shape index (κ3) is 5.43. The van der Waals surface area contributed by atoms with Gasteiger partial charge in [-0.15, -0.1) is 10.2 Å². The van der Waals surface area contributed by atoms with Gasteiger partial charge in [0, 0.05) is 47.1 Å². The highest BCUT2D eigenvalue weighted by Crippen LogP contribution is 2.30. The summed E-state index contributed by atoms with van der Waals surface area (Å²) in [4.78, 5) is 3.40. The molecule has 3 N–H and O–H groups in total. The van der Waals surface area contributed by atoms with Crippen LogP contribution in [0.5, 0.6) is 11.5 Å². The lowest BCUT2D eigenvalue weighted by Gasteiger charge is -2.22. The van der Waals surface area contributed by atoms with Crippen molar-refractivity contribution in [3.63, 3.8) is 0 Å². The summed E-state index contributed by atoms with van der Waals surface area (Å²) in [6.45, 7) is 2.63. The van der Waals surface area contributed by atoms with Crippen LogP contribution in [0.15, 0.2) is 79.0 Å². The van der Waals surface area contributed by atoms with E-state index in [0.717, 1.165) is 53.5 Å². The maximum Gasteiger partial charge on any atom is 0.138 e. The number of fused-ring (bicyclic) bond motifs is 1. The van der Waals surface area contributed by atoms with Crippen LogP contribution in [0, 0.1) is 0 Å². The smallest absolute Gasteiger partial charge is 0.138 e. The van der Waals surface area contributed by atoms with Crippen molar-refractivity contribution in [2.24, 2.45) is 5.73 Å². The Labute approximate surface area is 223 Å². The van der Waals surface area contributed by atoms with Gasteiger partial charge in [0.25, 0.3) is 0 Å². The van der Waals surface area contributed by atoms with Crippen molar-refractivity contribution < 1.29 is 9.47 Å². The number of para-hydroxylation sites is 1. The van der Waals surface area contributed by atoms with Crippen molar-refractivity contribution >= 4 is 10.9 Å². The number of methoxy groups -OCH3 is 2. The standard InChI is InChI=1S/C31H35N5O2/c1-21(32)27(17-24-19-33-28-12-8-7-11-26(24)28)31-35-34-30(16-13-22-9-5-4-6-10-22)36(31)20-23-14-15-25(37-2)18-29(23)38-3/h4-12,14-15,18-19,21,27,33H,13,16-17,20,32H2,1-3H3/t21?,27-/m1/s1. The van der Waals surface area contributed by atoms with Crippen LogP contribution < -0.4 is 15.2 Å². The van der Waals surface area contributed by atoms with E-state index in [2.05, 4.69) is 65.1 Å². The molecule has 2 heterocycles. The van der Waals surface area contributed by atoms with E-state index < -0.39 is 0 Å². The molecule has 0 saturated carbocycles. The van der Waals surface area contributed by atoms with E-state index in [-0.39, 0.29) is 12.0 Å². The second-order valence-electron chi connectivity index (χ2n) is 9.75. The molecule has 0 fully saturated rings. The lowest BCUT2D eigenvalue weighted by molar-refractivity contribution is 0.389. The topological polar surface area (TPSA) is 91.0 Å². The first kappa shape index (κ1) is 25.5. The van der Waals surface area contributed by atoms with Crippen LogP contribution >= 0.6 is 0 Å². The second-order valence-corrected chi connectivity index (χ2v) is 9.75. The number of aryl methyl sites for hydroxylation is 2. The predicted molar refractivity (Wildman–Crippen MR) is 151 cm³/mol. The first-order valence-corrected chi connectivity index (χ1v) is 13.0. The Morgan fingerprint density at radius 2 is 1.68 bits per heavy atom. The Morgan fingerprint density at radius 1 is 0.895 bits per heavy atom. The van der Waals surface area contributed by atoms with Gasteiger partial charge >= 0.3 is 0 Å². The van der Waals surface area contributed by atoms with E-state index in [9.17, 15) is 0 Å². The van der Waals surface area contributed by atoms with Crippen LogP contribution in [0.25, 0.3) is 10.9 Å². The number of H-pyrrole nitrogens is 1. The van der Waals surface area contributed by atoms with Crippen molar-refractivity contribution in [3.05, 3.63) is 107 Å². The van der Waals surface area contributed by atoms with E-state index in [0.29, 0.717) is 6.54 Å². The summed E-state index contributed by atoms with van der Waals surface area (Å²) in [7, 11) is 3.34. The first-order chi connectivity index (χ1) is 18.6. The summed E-state index contributed by atoms with van der Waals surface area (Å²) in [5, 5.41) is 10.7. The highest BCUT2D eigenvalue weighted by molar-refractivity contribution is 5.83. The molecule has 7 heteroatoms. The molecule has 5 rings (SSSR count). The molecule has 0 aliphatic carbocycles. The zero-order valence-electron chi connectivity index (χ0n) is 22.2. The number of nitrogens with zero attached hydrogens (tertiary/aromatic N) is 3. The van der Waals surface area contributed by atoms with Gasteiger partial charge in [-0.05, 0) is 49.1 Å². The quantitative estimate of drug-likeness (QED) is 0.253. The monoisotopic (exact) mass is 509 g/mol. The summed E-state index contributed by atoms with van der Waals surface area (Å²) >= 11 is 0. The minimum Gasteiger partial charge on any atom is -0.497 e. The van der Waals surface area contributed by atoms with Gasteiger partial charge in [-0.3, -0.25) is 0 Å². The number of hydrogen-bond acceptors (Lipinski definition) is 5. The molecule has 196 valence electrons. The van der Waals surface area contributed by atoms with Crippen LogP contribution in [0.3, 0.4) is 0 Å². The zero-order valence-corrected chi connectivity index (χ0v) is 22.2. The summed E-state index contributed by atoms with van der Waals surface area (Å²) in [5.41, 5.74) is 11.3. The maximum atomic E-state index is 6.63. The summed E-state index contributed by atoms with van der Waals surface area (Å²) < 4.78 is 13.4. The third-order valence-corrected chi connectivity index (χ3v) is 7.24. The van der Waals surface area contributed by atoms with Crippen molar-refractivity contribution in [2.45, 2.75) is 44.7 Å². The number of aromatic nitrogens is 4. The van der Waals surface area contributed by atoms with Crippen molar-refractivity contribution in [3.8, 4) is 11.5 Å². The molecule has 0 aliphatic heterocycles. The number of ether oxygens (including phenoxy) is 2. The van der Waals surface area contributed by atoms with E-state index in [1.807, 2.05) is 30.3 Å². The second kappa shape index (κ2) is 11.5. The number of aromatic amines is 1. The Kier molecular flexibility index (Phi) is 7.75. The van der Waals surface area contributed by atoms with Gasteiger partial charge < -0.3 is 24.8 Å². The van der Waals surface area contributed by atoms with Gasteiger partial charge in [-0.25, -0.2) is 0 Å². The predicted octanol–water partition coefficient (Wildman–Crippen LogP) is 5.28. The minimum absolute atomic E-state index is 0.0172. The van der Waals surface area contributed by atoms with Gasteiger partial charge in [-0.2, -0.15) is 0 Å². The fourth-order valence-electron chi connectivity index (χ4n) is 5.08. The lowest BCUT2D eigenvalue weighted by atomic mass is 9.92.